The topological polar surface area (TPSA) is 68.4 Å². The minimum atomic E-state index is 0. The Hall–Kier alpha value is -3.96. The zero-order chi connectivity index (χ0) is 22.8. The zero-order valence-electron chi connectivity index (χ0n) is 19.4. The van der Waals surface area contributed by atoms with E-state index in [2.05, 4.69) is 0 Å². The van der Waals surface area contributed by atoms with Gasteiger partial charge < -0.3 is 24.4 Å². The van der Waals surface area contributed by atoms with Gasteiger partial charge in [0.2, 0.25) is 0 Å². The second-order valence-electron chi connectivity index (χ2n) is 6.81. The third-order valence-electron chi connectivity index (χ3n) is 4.98. The normalized spacial score (nSPS) is 9.58. The molecule has 0 aromatic heterocycles. The van der Waals surface area contributed by atoms with Crippen molar-refractivity contribution in [3.05, 3.63) is 97.1 Å². The predicted molar refractivity (Wildman–Crippen MR) is 134 cm³/mol. The molecule has 0 heterocycles. The van der Waals surface area contributed by atoms with Gasteiger partial charge in [-0.15, -0.1) is 0 Å². The molecule has 4 aromatic rings. The van der Waals surface area contributed by atoms with Gasteiger partial charge in [-0.05, 0) is 35.4 Å². The van der Waals surface area contributed by atoms with Gasteiger partial charge >= 0.3 is 0 Å². The van der Waals surface area contributed by atoms with Gasteiger partial charge in [-0.25, -0.2) is 0 Å². The Kier molecular flexibility index (Phi) is 9.80. The second kappa shape index (κ2) is 12.8. The van der Waals surface area contributed by atoms with Crippen LogP contribution in [0.25, 0.3) is 22.3 Å². The molecule has 0 bridgehead atoms. The average molecular weight is 447 g/mol. The predicted octanol–water partition coefficient (Wildman–Crippen LogP) is 5.92. The Morgan fingerprint density at radius 2 is 0.636 bits per heavy atom. The highest BCUT2D eigenvalue weighted by Crippen LogP contribution is 2.38. The first-order valence-corrected chi connectivity index (χ1v) is 10.3. The van der Waals surface area contributed by atoms with Crippen LogP contribution in [-0.4, -0.2) is 33.9 Å². The maximum Gasteiger partial charge on any atom is 0.130 e. The molecule has 0 amide bonds. The molecule has 4 rings (SSSR count). The Morgan fingerprint density at radius 1 is 0.364 bits per heavy atom. The largest absolute Gasteiger partial charge is 0.496 e. The summed E-state index contributed by atoms with van der Waals surface area (Å²) in [6.45, 7) is 0. The third-order valence-corrected chi connectivity index (χ3v) is 4.98. The molecule has 0 saturated heterocycles. The first-order valence-electron chi connectivity index (χ1n) is 10.3. The maximum absolute atomic E-state index is 5.36. The lowest BCUT2D eigenvalue weighted by molar-refractivity contribution is 0.397. The lowest BCUT2D eigenvalue weighted by Gasteiger charge is -2.12. The molecule has 5 heteroatoms. The highest BCUT2D eigenvalue weighted by Gasteiger charge is 2.12. The van der Waals surface area contributed by atoms with Crippen LogP contribution in [0.3, 0.4) is 0 Å². The van der Waals surface area contributed by atoms with Crippen LogP contribution in [0.5, 0.6) is 23.0 Å². The number of hydrogen-bond donors (Lipinski definition) is 0. The van der Waals surface area contributed by atoms with E-state index in [4.69, 9.17) is 18.9 Å². The molecule has 172 valence electrons. The summed E-state index contributed by atoms with van der Waals surface area (Å²) in [6.07, 6.45) is 0. The molecule has 0 spiro atoms. The van der Waals surface area contributed by atoms with Crippen molar-refractivity contribution in [2.24, 2.45) is 0 Å². The lowest BCUT2D eigenvalue weighted by Crippen LogP contribution is -1.92. The molecule has 0 saturated carbocycles. The van der Waals surface area contributed by atoms with Crippen LogP contribution in [0.1, 0.15) is 0 Å². The highest BCUT2D eigenvalue weighted by atomic mass is 16.5. The van der Waals surface area contributed by atoms with E-state index in [-0.39, 0.29) is 5.48 Å². The van der Waals surface area contributed by atoms with Crippen molar-refractivity contribution in [2.45, 2.75) is 0 Å². The molecule has 0 unspecified atom stereocenters. The van der Waals surface area contributed by atoms with Gasteiger partial charge in [0.1, 0.15) is 23.0 Å². The number of benzene rings is 4. The Balaban J connectivity index is 0.000000227. The summed E-state index contributed by atoms with van der Waals surface area (Å²) in [7, 11) is 6.67. The van der Waals surface area contributed by atoms with Crippen molar-refractivity contribution in [1.82, 2.24) is 0 Å². The maximum atomic E-state index is 5.36. The Bertz CT molecular complexity index is 976. The molecular weight excluding hydrogens is 416 g/mol. The second-order valence-corrected chi connectivity index (χ2v) is 6.81. The smallest absolute Gasteiger partial charge is 0.130 e. The van der Waals surface area contributed by atoms with Crippen LogP contribution < -0.4 is 18.9 Å². The van der Waals surface area contributed by atoms with Gasteiger partial charge in [0.05, 0.1) is 39.6 Å². The number of rotatable bonds is 6. The van der Waals surface area contributed by atoms with E-state index in [0.717, 1.165) is 45.3 Å². The van der Waals surface area contributed by atoms with Crippen molar-refractivity contribution in [2.75, 3.05) is 28.4 Å². The zero-order valence-corrected chi connectivity index (χ0v) is 19.4. The first kappa shape index (κ1) is 25.3. The average Bonchev–Trinajstić information content (AvgIpc) is 2.88. The summed E-state index contributed by atoms with van der Waals surface area (Å²) in [6, 6.07) is 31.7. The van der Waals surface area contributed by atoms with E-state index < -0.39 is 0 Å². The third kappa shape index (κ3) is 6.05. The number of hydrogen-bond acceptors (Lipinski definition) is 4. The first-order chi connectivity index (χ1) is 15.7. The summed E-state index contributed by atoms with van der Waals surface area (Å²) >= 11 is 0. The fourth-order valence-electron chi connectivity index (χ4n) is 3.48. The van der Waals surface area contributed by atoms with Crippen LogP contribution in [0.15, 0.2) is 97.1 Å². The molecule has 0 fully saturated rings. The van der Waals surface area contributed by atoms with Crippen LogP contribution >= 0.6 is 0 Å². The quantitative estimate of drug-likeness (QED) is 0.369. The fraction of sp³-hybridized carbons (Fsp3) is 0.143. The molecule has 5 nitrogen and oxygen atoms in total. The standard InChI is InChI=1S/2C14H14O2.H2O/c2*1-15-12-9-6-10-13(16-2)14(12)11-7-4-3-5-8-11;/h2*3-10H,1-2H3;1H2. The number of methoxy groups -OCH3 is 4. The van der Waals surface area contributed by atoms with Crippen molar-refractivity contribution >= 4 is 0 Å². The fourth-order valence-corrected chi connectivity index (χ4v) is 3.48. The Labute approximate surface area is 195 Å². The van der Waals surface area contributed by atoms with Crippen molar-refractivity contribution in [1.29, 1.82) is 0 Å². The molecule has 0 aliphatic heterocycles. The van der Waals surface area contributed by atoms with Crippen LogP contribution in [-0.2, 0) is 0 Å². The van der Waals surface area contributed by atoms with Gasteiger partial charge in [-0.1, -0.05) is 72.8 Å². The summed E-state index contributed by atoms with van der Waals surface area (Å²) in [5.41, 5.74) is 4.18. The Morgan fingerprint density at radius 3 is 0.879 bits per heavy atom. The van der Waals surface area contributed by atoms with E-state index in [1.807, 2.05) is 97.1 Å². The van der Waals surface area contributed by atoms with Gasteiger partial charge in [0, 0.05) is 0 Å². The molecule has 0 atom stereocenters. The van der Waals surface area contributed by atoms with E-state index >= 15 is 0 Å². The number of ether oxygens (including phenoxy) is 4. The van der Waals surface area contributed by atoms with Crippen molar-refractivity contribution in [3.63, 3.8) is 0 Å². The highest BCUT2D eigenvalue weighted by molar-refractivity contribution is 5.77. The molecule has 33 heavy (non-hydrogen) atoms. The summed E-state index contributed by atoms with van der Waals surface area (Å²) in [5, 5.41) is 0. The molecular formula is C28H30O5. The minimum Gasteiger partial charge on any atom is -0.496 e. The van der Waals surface area contributed by atoms with E-state index in [9.17, 15) is 0 Å². The molecule has 4 aromatic carbocycles. The summed E-state index contributed by atoms with van der Waals surface area (Å²) in [5.74, 6) is 3.30. The lowest BCUT2D eigenvalue weighted by atomic mass is 10.0. The summed E-state index contributed by atoms with van der Waals surface area (Å²) in [4.78, 5) is 0. The molecule has 0 aliphatic rings. The van der Waals surface area contributed by atoms with Crippen LogP contribution in [0.2, 0.25) is 0 Å². The van der Waals surface area contributed by atoms with E-state index in [1.165, 1.54) is 0 Å². The minimum absolute atomic E-state index is 0. The monoisotopic (exact) mass is 446 g/mol. The van der Waals surface area contributed by atoms with Crippen molar-refractivity contribution in [3.8, 4) is 45.3 Å². The molecule has 0 aliphatic carbocycles. The van der Waals surface area contributed by atoms with Crippen LogP contribution in [0, 0.1) is 0 Å². The molecule has 0 radical (unpaired) electrons. The molecule has 2 N–H and O–H groups in total. The summed E-state index contributed by atoms with van der Waals surface area (Å²) < 4.78 is 21.4. The van der Waals surface area contributed by atoms with Crippen molar-refractivity contribution < 1.29 is 24.4 Å². The SMILES string of the molecule is COc1cccc(OC)c1-c1ccccc1.COc1cccc(OC)c1-c1ccccc1.O. The van der Waals surface area contributed by atoms with E-state index in [0.29, 0.717) is 0 Å². The van der Waals surface area contributed by atoms with Crippen LogP contribution in [0.4, 0.5) is 0 Å². The van der Waals surface area contributed by atoms with E-state index in [1.54, 1.807) is 28.4 Å². The van der Waals surface area contributed by atoms with Gasteiger partial charge in [-0.2, -0.15) is 0 Å². The van der Waals surface area contributed by atoms with Gasteiger partial charge in [0.25, 0.3) is 0 Å². The van der Waals surface area contributed by atoms with Gasteiger partial charge in [-0.3, -0.25) is 0 Å². The van der Waals surface area contributed by atoms with Gasteiger partial charge in [0.15, 0.2) is 0 Å².